The van der Waals surface area contributed by atoms with Crippen LogP contribution < -0.4 is 0 Å². The van der Waals surface area contributed by atoms with Gasteiger partial charge in [0.25, 0.3) is 5.91 Å². The minimum absolute atomic E-state index is 0.0224. The van der Waals surface area contributed by atoms with Gasteiger partial charge >= 0.3 is 0 Å². The van der Waals surface area contributed by atoms with Crippen molar-refractivity contribution in [2.75, 3.05) is 6.54 Å². The Labute approximate surface area is 209 Å². The van der Waals surface area contributed by atoms with Crippen LogP contribution in [-0.4, -0.2) is 44.2 Å². The molecule has 1 aliphatic heterocycles. The van der Waals surface area contributed by atoms with Crippen molar-refractivity contribution in [1.29, 1.82) is 0 Å². The topological polar surface area (TPSA) is 50.5 Å². The molecule has 1 aromatic carbocycles. The molecule has 1 fully saturated rings. The molecule has 3 aromatic rings. The standard InChI is InChI=1S/C29H30F2N4O/c1-3-6-18-9-12-22(23(30)13-18)25-15-28-32-26(14-27(19-10-11-19)35(28)33-25)29(36)34-16-24(31)21-8-5-4-7-20(21)17(34)2/h5,8-9,12-15,17,19,24H,3-4,6-7,10-11,16H2,1-2H3. The maximum atomic E-state index is 15.0. The molecule has 1 saturated carbocycles. The summed E-state index contributed by atoms with van der Waals surface area (Å²) < 4.78 is 31.7. The number of hydrogen-bond donors (Lipinski definition) is 0. The molecule has 7 heteroatoms. The van der Waals surface area contributed by atoms with Crippen LogP contribution in [0.5, 0.6) is 0 Å². The van der Waals surface area contributed by atoms with Gasteiger partial charge < -0.3 is 4.90 Å². The number of amides is 1. The highest BCUT2D eigenvalue weighted by molar-refractivity contribution is 5.94. The highest BCUT2D eigenvalue weighted by Gasteiger charge is 2.37. The fourth-order valence-corrected chi connectivity index (χ4v) is 5.60. The fraction of sp³-hybridized carbons (Fsp3) is 0.414. The largest absolute Gasteiger partial charge is 0.328 e. The Kier molecular flexibility index (Phi) is 5.73. The average molecular weight is 489 g/mol. The quantitative estimate of drug-likeness (QED) is 0.430. The third-order valence-electron chi connectivity index (χ3n) is 7.69. The van der Waals surface area contributed by atoms with E-state index in [1.807, 2.05) is 25.1 Å². The second kappa shape index (κ2) is 8.95. The predicted octanol–water partition coefficient (Wildman–Crippen LogP) is 6.19. The van der Waals surface area contributed by atoms with Crippen molar-refractivity contribution >= 4 is 11.6 Å². The first-order chi connectivity index (χ1) is 17.4. The van der Waals surface area contributed by atoms with E-state index < -0.39 is 6.17 Å². The van der Waals surface area contributed by atoms with E-state index in [1.54, 1.807) is 33.7 Å². The minimum Gasteiger partial charge on any atom is -0.328 e. The number of aryl methyl sites for hydroxylation is 1. The molecule has 2 aliphatic carbocycles. The minimum atomic E-state index is -1.19. The maximum absolute atomic E-state index is 15.0. The lowest BCUT2D eigenvalue weighted by Crippen LogP contribution is -2.48. The van der Waals surface area contributed by atoms with Crippen LogP contribution in [0.2, 0.25) is 0 Å². The van der Waals surface area contributed by atoms with Crippen molar-refractivity contribution in [3.63, 3.8) is 0 Å². The van der Waals surface area contributed by atoms with Crippen LogP contribution in [0.25, 0.3) is 16.9 Å². The molecule has 0 spiro atoms. The zero-order valence-corrected chi connectivity index (χ0v) is 20.7. The highest BCUT2D eigenvalue weighted by atomic mass is 19.1. The summed E-state index contributed by atoms with van der Waals surface area (Å²) in [7, 11) is 0. The van der Waals surface area contributed by atoms with Gasteiger partial charge in [-0.15, -0.1) is 0 Å². The Morgan fingerprint density at radius 2 is 2.03 bits per heavy atom. The van der Waals surface area contributed by atoms with Crippen LogP contribution in [0.15, 0.2) is 53.6 Å². The third kappa shape index (κ3) is 3.94. The molecule has 0 bridgehead atoms. The van der Waals surface area contributed by atoms with E-state index in [4.69, 9.17) is 0 Å². The van der Waals surface area contributed by atoms with Crippen molar-refractivity contribution in [3.05, 3.63) is 76.4 Å². The number of fused-ring (bicyclic) bond motifs is 1. The molecule has 6 rings (SSSR count). The molecular weight excluding hydrogens is 458 g/mol. The molecule has 186 valence electrons. The Bertz CT molecular complexity index is 1420. The number of carbonyl (C=O) groups is 1. The fourth-order valence-electron chi connectivity index (χ4n) is 5.60. The van der Waals surface area contributed by atoms with Gasteiger partial charge in [0.1, 0.15) is 17.7 Å². The zero-order chi connectivity index (χ0) is 25.0. The SMILES string of the molecule is CCCc1ccc(-c2cc3nc(C(=O)N4CC(F)C5=C(CCC=C5)C4C)cc(C4CC4)n3n2)c(F)c1. The lowest BCUT2D eigenvalue weighted by Gasteiger charge is -2.39. The summed E-state index contributed by atoms with van der Waals surface area (Å²) in [5, 5.41) is 4.69. The number of halogens is 2. The molecule has 0 N–H and O–H groups in total. The second-order valence-corrected chi connectivity index (χ2v) is 10.2. The number of carbonyl (C=O) groups excluding carboxylic acids is 1. The van der Waals surface area contributed by atoms with Crippen LogP contribution in [0.4, 0.5) is 8.78 Å². The van der Waals surface area contributed by atoms with Crippen molar-refractivity contribution in [3.8, 4) is 11.3 Å². The normalized spacial score (nSPS) is 21.8. The molecule has 3 heterocycles. The number of benzene rings is 1. The van der Waals surface area contributed by atoms with Crippen molar-refractivity contribution in [1.82, 2.24) is 19.5 Å². The molecular formula is C29H30F2N4O. The number of alkyl halides is 1. The van der Waals surface area contributed by atoms with Crippen LogP contribution in [0.1, 0.15) is 73.6 Å². The summed E-state index contributed by atoms with van der Waals surface area (Å²) in [6, 6.07) is 8.64. The van der Waals surface area contributed by atoms with Crippen LogP contribution in [0, 0.1) is 5.82 Å². The molecule has 5 nitrogen and oxygen atoms in total. The van der Waals surface area contributed by atoms with Crippen LogP contribution in [0.3, 0.4) is 0 Å². The Morgan fingerprint density at radius 1 is 1.19 bits per heavy atom. The molecule has 2 aromatic heterocycles. The monoisotopic (exact) mass is 488 g/mol. The average Bonchev–Trinajstić information content (AvgIpc) is 3.64. The zero-order valence-electron chi connectivity index (χ0n) is 20.7. The lowest BCUT2D eigenvalue weighted by molar-refractivity contribution is 0.0643. The number of rotatable bonds is 5. The molecule has 0 radical (unpaired) electrons. The highest BCUT2D eigenvalue weighted by Crippen LogP contribution is 2.41. The number of allylic oxidation sites excluding steroid dienone is 2. The summed E-state index contributed by atoms with van der Waals surface area (Å²) in [6.07, 6.45) is 8.12. The summed E-state index contributed by atoms with van der Waals surface area (Å²) in [6.45, 7) is 4.06. The summed E-state index contributed by atoms with van der Waals surface area (Å²) >= 11 is 0. The molecule has 0 saturated heterocycles. The van der Waals surface area contributed by atoms with Gasteiger partial charge in [-0.3, -0.25) is 4.79 Å². The van der Waals surface area contributed by atoms with Crippen LogP contribution >= 0.6 is 0 Å². The lowest BCUT2D eigenvalue weighted by atomic mass is 9.86. The Morgan fingerprint density at radius 3 is 2.78 bits per heavy atom. The van der Waals surface area contributed by atoms with Crippen molar-refractivity contribution in [2.45, 2.75) is 70.5 Å². The number of hydrogen-bond acceptors (Lipinski definition) is 3. The maximum Gasteiger partial charge on any atom is 0.273 e. The first-order valence-corrected chi connectivity index (χ1v) is 13.0. The van der Waals surface area contributed by atoms with E-state index in [0.29, 0.717) is 22.6 Å². The smallest absolute Gasteiger partial charge is 0.273 e. The Balaban J connectivity index is 1.38. The van der Waals surface area contributed by atoms with E-state index in [2.05, 4.69) is 17.0 Å². The molecule has 36 heavy (non-hydrogen) atoms. The third-order valence-corrected chi connectivity index (χ3v) is 7.69. The van der Waals surface area contributed by atoms with E-state index in [0.717, 1.165) is 60.9 Å². The van der Waals surface area contributed by atoms with Crippen molar-refractivity contribution in [2.24, 2.45) is 0 Å². The van der Waals surface area contributed by atoms with Gasteiger partial charge in [0.15, 0.2) is 5.65 Å². The van der Waals surface area contributed by atoms with E-state index in [-0.39, 0.29) is 30.2 Å². The molecule has 3 aliphatic rings. The van der Waals surface area contributed by atoms with Crippen molar-refractivity contribution < 1.29 is 13.6 Å². The first-order valence-electron chi connectivity index (χ1n) is 13.0. The molecule has 2 atom stereocenters. The van der Waals surface area contributed by atoms with Gasteiger partial charge in [0, 0.05) is 23.2 Å². The van der Waals surface area contributed by atoms with Gasteiger partial charge in [-0.2, -0.15) is 5.10 Å². The number of aromatic nitrogens is 3. The summed E-state index contributed by atoms with van der Waals surface area (Å²) in [5.41, 5.74) is 5.31. The van der Waals surface area contributed by atoms with Crippen LogP contribution in [-0.2, 0) is 6.42 Å². The Hall–Kier alpha value is -3.35. The second-order valence-electron chi connectivity index (χ2n) is 10.2. The van der Waals surface area contributed by atoms with E-state index in [9.17, 15) is 9.18 Å². The van der Waals surface area contributed by atoms with Gasteiger partial charge in [0.2, 0.25) is 0 Å². The molecule has 2 unspecified atom stereocenters. The number of nitrogens with zero attached hydrogens (tertiary/aromatic N) is 4. The van der Waals surface area contributed by atoms with Gasteiger partial charge in [0.05, 0.1) is 18.3 Å². The van der Waals surface area contributed by atoms with E-state index >= 15 is 4.39 Å². The van der Waals surface area contributed by atoms with E-state index in [1.165, 1.54) is 0 Å². The summed E-state index contributed by atoms with van der Waals surface area (Å²) in [4.78, 5) is 19.9. The first kappa shape index (κ1) is 23.1. The molecule has 1 amide bonds. The van der Waals surface area contributed by atoms with Gasteiger partial charge in [-0.25, -0.2) is 18.3 Å². The summed E-state index contributed by atoms with van der Waals surface area (Å²) in [5.74, 6) is -0.291. The van der Waals surface area contributed by atoms with Gasteiger partial charge in [-0.1, -0.05) is 31.6 Å². The predicted molar refractivity (Wildman–Crippen MR) is 135 cm³/mol. The van der Waals surface area contributed by atoms with Gasteiger partial charge in [-0.05, 0) is 73.9 Å².